The fourth-order valence-corrected chi connectivity index (χ4v) is 1.89. The summed E-state index contributed by atoms with van der Waals surface area (Å²) < 4.78 is 0. The Hall–Kier alpha value is -3.13. The second-order valence-corrected chi connectivity index (χ2v) is 4.68. The molecule has 0 aliphatic rings. The van der Waals surface area contributed by atoms with Crippen LogP contribution in [0.4, 0.5) is 5.69 Å². The van der Waals surface area contributed by atoms with Crippen LogP contribution in [0.1, 0.15) is 11.1 Å². The van der Waals surface area contributed by atoms with E-state index >= 15 is 0 Å². The molecule has 0 spiro atoms. The Bertz CT molecular complexity index is 705. The van der Waals surface area contributed by atoms with Gasteiger partial charge in [-0.05, 0) is 23.8 Å². The molecule has 0 unspecified atom stereocenters. The molecule has 0 saturated heterocycles. The van der Waals surface area contributed by atoms with Crippen LogP contribution < -0.4 is 10.6 Å². The van der Waals surface area contributed by atoms with Crippen molar-refractivity contribution in [3.05, 3.63) is 65.7 Å². The number of nitrogens with one attached hydrogen (secondary N) is 2. The van der Waals surface area contributed by atoms with Gasteiger partial charge in [-0.25, -0.2) is 0 Å². The number of carbonyl (C=O) groups excluding carboxylic acids is 2. The van der Waals surface area contributed by atoms with Crippen LogP contribution in [0.2, 0.25) is 0 Å². The number of hydrogen-bond acceptors (Lipinski definition) is 3. The van der Waals surface area contributed by atoms with Crippen molar-refractivity contribution in [2.75, 3.05) is 11.9 Å². The topological polar surface area (TPSA) is 82.0 Å². The highest BCUT2D eigenvalue weighted by Crippen LogP contribution is 2.09. The van der Waals surface area contributed by atoms with E-state index in [0.717, 1.165) is 5.56 Å². The number of rotatable bonds is 5. The zero-order valence-corrected chi connectivity index (χ0v) is 11.9. The zero-order chi connectivity index (χ0) is 15.8. The maximum Gasteiger partial charge on any atom is 0.243 e. The van der Waals surface area contributed by atoms with E-state index in [1.165, 1.54) is 0 Å². The van der Waals surface area contributed by atoms with Gasteiger partial charge in [0.15, 0.2) is 0 Å². The molecule has 22 heavy (non-hydrogen) atoms. The number of amides is 2. The van der Waals surface area contributed by atoms with Crippen LogP contribution in [-0.2, 0) is 16.0 Å². The van der Waals surface area contributed by atoms with Crippen molar-refractivity contribution >= 4 is 17.5 Å². The Balaban J connectivity index is 1.80. The van der Waals surface area contributed by atoms with Gasteiger partial charge in [-0.2, -0.15) is 5.26 Å². The standard InChI is InChI=1S/C17H15N3O2/c18-11-14-7-4-8-15(9-14)20-17(22)12-19-16(21)10-13-5-2-1-3-6-13/h1-9H,10,12H2,(H,19,21)(H,20,22). The first-order chi connectivity index (χ1) is 10.7. The quantitative estimate of drug-likeness (QED) is 0.882. The normalized spacial score (nSPS) is 9.59. The van der Waals surface area contributed by atoms with E-state index in [1.54, 1.807) is 24.3 Å². The second kappa shape index (κ2) is 7.60. The minimum absolute atomic E-state index is 0.109. The molecule has 0 bridgehead atoms. The SMILES string of the molecule is N#Cc1cccc(NC(=O)CNC(=O)Cc2ccccc2)c1. The Morgan fingerprint density at radius 3 is 2.50 bits per heavy atom. The van der Waals surface area contributed by atoms with E-state index in [0.29, 0.717) is 11.3 Å². The fourth-order valence-electron chi connectivity index (χ4n) is 1.89. The summed E-state index contributed by atoms with van der Waals surface area (Å²) in [5.41, 5.74) is 1.88. The van der Waals surface area contributed by atoms with E-state index in [1.807, 2.05) is 36.4 Å². The summed E-state index contributed by atoms with van der Waals surface area (Å²) in [7, 11) is 0. The van der Waals surface area contributed by atoms with Crippen LogP contribution in [0, 0.1) is 11.3 Å². The summed E-state index contributed by atoms with van der Waals surface area (Å²) in [6, 6.07) is 17.9. The summed E-state index contributed by atoms with van der Waals surface area (Å²) in [6.45, 7) is -0.109. The molecule has 2 N–H and O–H groups in total. The minimum Gasteiger partial charge on any atom is -0.347 e. The predicted molar refractivity (Wildman–Crippen MR) is 82.9 cm³/mol. The lowest BCUT2D eigenvalue weighted by Crippen LogP contribution is -2.33. The summed E-state index contributed by atoms with van der Waals surface area (Å²) in [4.78, 5) is 23.5. The molecule has 0 fully saturated rings. The summed E-state index contributed by atoms with van der Waals surface area (Å²) in [5, 5.41) is 14.0. The summed E-state index contributed by atoms with van der Waals surface area (Å²) in [5.74, 6) is -0.552. The molecule has 5 nitrogen and oxygen atoms in total. The zero-order valence-electron chi connectivity index (χ0n) is 11.9. The molecule has 0 atom stereocenters. The molecule has 0 aliphatic heterocycles. The van der Waals surface area contributed by atoms with E-state index in [2.05, 4.69) is 10.6 Å². The van der Waals surface area contributed by atoms with Gasteiger partial charge in [-0.15, -0.1) is 0 Å². The van der Waals surface area contributed by atoms with Crippen LogP contribution >= 0.6 is 0 Å². The minimum atomic E-state index is -0.337. The third-order valence-electron chi connectivity index (χ3n) is 2.93. The summed E-state index contributed by atoms with van der Waals surface area (Å²) >= 11 is 0. The highest BCUT2D eigenvalue weighted by Gasteiger charge is 2.07. The van der Waals surface area contributed by atoms with Crippen molar-refractivity contribution in [3.63, 3.8) is 0 Å². The Labute approximate surface area is 128 Å². The third kappa shape index (κ3) is 4.76. The van der Waals surface area contributed by atoms with Gasteiger partial charge in [0.25, 0.3) is 0 Å². The van der Waals surface area contributed by atoms with Gasteiger partial charge >= 0.3 is 0 Å². The number of nitrogens with zero attached hydrogens (tertiary/aromatic N) is 1. The number of hydrogen-bond donors (Lipinski definition) is 2. The lowest BCUT2D eigenvalue weighted by molar-refractivity contribution is -0.123. The highest BCUT2D eigenvalue weighted by molar-refractivity contribution is 5.94. The van der Waals surface area contributed by atoms with Crippen molar-refractivity contribution in [2.24, 2.45) is 0 Å². The maximum absolute atomic E-state index is 11.8. The predicted octanol–water partition coefficient (Wildman–Crippen LogP) is 1.86. The molecule has 0 aromatic heterocycles. The third-order valence-corrected chi connectivity index (χ3v) is 2.93. The van der Waals surface area contributed by atoms with Gasteiger partial charge in [-0.1, -0.05) is 36.4 Å². The number of anilines is 1. The smallest absolute Gasteiger partial charge is 0.243 e. The fraction of sp³-hybridized carbons (Fsp3) is 0.118. The number of benzene rings is 2. The lowest BCUT2D eigenvalue weighted by atomic mass is 10.1. The van der Waals surface area contributed by atoms with Gasteiger partial charge in [-0.3, -0.25) is 9.59 Å². The van der Waals surface area contributed by atoms with Crippen molar-refractivity contribution in [2.45, 2.75) is 6.42 Å². The molecule has 2 rings (SSSR count). The average molecular weight is 293 g/mol. The molecule has 0 radical (unpaired) electrons. The van der Waals surface area contributed by atoms with Crippen molar-refractivity contribution in [1.82, 2.24) is 5.32 Å². The Kier molecular flexibility index (Phi) is 5.27. The summed E-state index contributed by atoms with van der Waals surface area (Å²) in [6.07, 6.45) is 0.234. The first kappa shape index (κ1) is 15.3. The van der Waals surface area contributed by atoms with Gasteiger partial charge < -0.3 is 10.6 Å². The molecule has 110 valence electrons. The number of nitriles is 1. The van der Waals surface area contributed by atoms with Gasteiger partial charge in [0, 0.05) is 5.69 Å². The first-order valence-electron chi connectivity index (χ1n) is 6.78. The molecule has 0 saturated carbocycles. The van der Waals surface area contributed by atoms with Crippen molar-refractivity contribution in [1.29, 1.82) is 5.26 Å². The second-order valence-electron chi connectivity index (χ2n) is 4.68. The van der Waals surface area contributed by atoms with Crippen LogP contribution in [0.3, 0.4) is 0 Å². The largest absolute Gasteiger partial charge is 0.347 e. The molecule has 2 amide bonds. The number of carbonyl (C=O) groups is 2. The van der Waals surface area contributed by atoms with Gasteiger partial charge in [0.1, 0.15) is 0 Å². The molecule has 2 aromatic carbocycles. The van der Waals surface area contributed by atoms with Crippen molar-refractivity contribution in [3.8, 4) is 6.07 Å². The van der Waals surface area contributed by atoms with Crippen LogP contribution in [0.25, 0.3) is 0 Å². The van der Waals surface area contributed by atoms with Crippen LogP contribution in [0.15, 0.2) is 54.6 Å². The molecular formula is C17H15N3O2. The molecular weight excluding hydrogens is 278 g/mol. The molecule has 5 heteroatoms. The average Bonchev–Trinajstić information content (AvgIpc) is 2.54. The van der Waals surface area contributed by atoms with E-state index in [-0.39, 0.29) is 24.8 Å². The monoisotopic (exact) mass is 293 g/mol. The molecule has 0 heterocycles. The van der Waals surface area contributed by atoms with E-state index < -0.39 is 0 Å². The Morgan fingerprint density at radius 2 is 1.77 bits per heavy atom. The van der Waals surface area contributed by atoms with Gasteiger partial charge in [0.2, 0.25) is 11.8 Å². The molecule has 2 aromatic rings. The first-order valence-corrected chi connectivity index (χ1v) is 6.78. The lowest BCUT2D eigenvalue weighted by Gasteiger charge is -2.07. The Morgan fingerprint density at radius 1 is 1.00 bits per heavy atom. The van der Waals surface area contributed by atoms with E-state index in [4.69, 9.17) is 5.26 Å². The van der Waals surface area contributed by atoms with Crippen LogP contribution in [0.5, 0.6) is 0 Å². The highest BCUT2D eigenvalue weighted by atomic mass is 16.2. The van der Waals surface area contributed by atoms with Crippen LogP contribution in [-0.4, -0.2) is 18.4 Å². The van der Waals surface area contributed by atoms with Crippen molar-refractivity contribution < 1.29 is 9.59 Å². The van der Waals surface area contributed by atoms with Gasteiger partial charge in [0.05, 0.1) is 24.6 Å². The molecule has 0 aliphatic carbocycles. The maximum atomic E-state index is 11.8. The van der Waals surface area contributed by atoms with E-state index in [9.17, 15) is 9.59 Å².